The van der Waals surface area contributed by atoms with E-state index in [1.807, 2.05) is 25.1 Å². The molecule has 0 saturated heterocycles. The molecule has 20 heavy (non-hydrogen) atoms. The third kappa shape index (κ3) is 4.17. The van der Waals surface area contributed by atoms with Gasteiger partial charge in [-0.1, -0.05) is 19.8 Å². The highest BCUT2D eigenvalue weighted by Crippen LogP contribution is 2.25. The van der Waals surface area contributed by atoms with E-state index in [2.05, 4.69) is 12.2 Å². The number of rotatable bonds is 4. The first kappa shape index (κ1) is 15.2. The lowest BCUT2D eigenvalue weighted by Gasteiger charge is -2.29. The van der Waals surface area contributed by atoms with Gasteiger partial charge in [-0.05, 0) is 49.4 Å². The maximum atomic E-state index is 12.0. The van der Waals surface area contributed by atoms with Gasteiger partial charge >= 0.3 is 0 Å². The first-order valence-electron chi connectivity index (χ1n) is 7.34. The molecule has 0 heterocycles. The van der Waals surface area contributed by atoms with Crippen molar-refractivity contribution in [1.82, 2.24) is 5.32 Å². The molecule has 1 saturated carbocycles. The van der Waals surface area contributed by atoms with Gasteiger partial charge in [0.05, 0.1) is 5.75 Å². The Labute approximate surface area is 125 Å². The van der Waals surface area contributed by atoms with Crippen LogP contribution < -0.4 is 11.1 Å². The summed E-state index contributed by atoms with van der Waals surface area (Å²) < 4.78 is 0. The van der Waals surface area contributed by atoms with E-state index in [-0.39, 0.29) is 5.91 Å². The van der Waals surface area contributed by atoms with Gasteiger partial charge in [-0.15, -0.1) is 11.8 Å². The Morgan fingerprint density at radius 3 is 2.85 bits per heavy atom. The van der Waals surface area contributed by atoms with E-state index in [4.69, 9.17) is 5.73 Å². The zero-order chi connectivity index (χ0) is 14.5. The van der Waals surface area contributed by atoms with Crippen LogP contribution in [0.3, 0.4) is 0 Å². The summed E-state index contributed by atoms with van der Waals surface area (Å²) in [5.74, 6) is 1.23. The van der Waals surface area contributed by atoms with Crippen molar-refractivity contribution in [3.05, 3.63) is 23.8 Å². The highest BCUT2D eigenvalue weighted by Gasteiger charge is 2.22. The first-order chi connectivity index (χ1) is 9.56. The lowest BCUT2D eigenvalue weighted by atomic mass is 9.86. The van der Waals surface area contributed by atoms with Crippen LogP contribution in [-0.2, 0) is 4.79 Å². The molecule has 1 amide bonds. The van der Waals surface area contributed by atoms with E-state index in [9.17, 15) is 4.79 Å². The molecule has 1 aromatic rings. The van der Waals surface area contributed by atoms with Crippen molar-refractivity contribution in [3.8, 4) is 0 Å². The number of carbonyl (C=O) groups excluding carboxylic acids is 1. The lowest BCUT2D eigenvalue weighted by Crippen LogP contribution is -2.41. The van der Waals surface area contributed by atoms with Crippen LogP contribution in [0.5, 0.6) is 0 Å². The second-order valence-electron chi connectivity index (χ2n) is 5.74. The number of aryl methyl sites for hydroxylation is 1. The molecule has 1 aliphatic rings. The molecular formula is C16H24N2OS. The predicted molar refractivity (Wildman–Crippen MR) is 85.9 cm³/mol. The minimum atomic E-state index is 0.142. The second kappa shape index (κ2) is 7.02. The number of nitrogen functional groups attached to an aromatic ring is 1. The van der Waals surface area contributed by atoms with Crippen molar-refractivity contribution >= 4 is 23.4 Å². The Bertz CT molecular complexity index is 476. The van der Waals surface area contributed by atoms with Crippen LogP contribution in [0.2, 0.25) is 0 Å². The van der Waals surface area contributed by atoms with Crippen molar-refractivity contribution in [2.24, 2.45) is 5.92 Å². The Morgan fingerprint density at radius 1 is 1.40 bits per heavy atom. The smallest absolute Gasteiger partial charge is 0.230 e. The van der Waals surface area contributed by atoms with Gasteiger partial charge < -0.3 is 11.1 Å². The number of hydrogen-bond acceptors (Lipinski definition) is 3. The fourth-order valence-electron chi connectivity index (χ4n) is 2.67. The van der Waals surface area contributed by atoms with Crippen molar-refractivity contribution in [1.29, 1.82) is 0 Å². The molecule has 0 aliphatic heterocycles. The molecule has 3 nitrogen and oxygen atoms in total. The molecule has 2 atom stereocenters. The van der Waals surface area contributed by atoms with Gasteiger partial charge in [-0.3, -0.25) is 4.79 Å². The quantitative estimate of drug-likeness (QED) is 0.661. The van der Waals surface area contributed by atoms with Gasteiger partial charge in [-0.2, -0.15) is 0 Å². The average Bonchev–Trinajstić information content (AvgIpc) is 2.43. The van der Waals surface area contributed by atoms with E-state index in [1.165, 1.54) is 19.3 Å². The number of benzene rings is 1. The maximum Gasteiger partial charge on any atom is 0.230 e. The number of anilines is 1. The normalized spacial score (nSPS) is 22.5. The molecule has 2 rings (SSSR count). The summed E-state index contributed by atoms with van der Waals surface area (Å²) in [5, 5.41) is 3.18. The molecule has 2 unspecified atom stereocenters. The van der Waals surface area contributed by atoms with E-state index in [0.29, 0.717) is 17.7 Å². The zero-order valence-electron chi connectivity index (χ0n) is 12.3. The van der Waals surface area contributed by atoms with Gasteiger partial charge in [-0.25, -0.2) is 0 Å². The van der Waals surface area contributed by atoms with Crippen LogP contribution in [0.15, 0.2) is 23.1 Å². The zero-order valence-corrected chi connectivity index (χ0v) is 13.1. The number of hydrogen-bond donors (Lipinski definition) is 2. The van der Waals surface area contributed by atoms with Crippen LogP contribution >= 0.6 is 11.8 Å². The summed E-state index contributed by atoms with van der Waals surface area (Å²) in [6, 6.07) is 6.28. The molecule has 1 aromatic carbocycles. The summed E-state index contributed by atoms with van der Waals surface area (Å²) in [5.41, 5.74) is 7.66. The Morgan fingerprint density at radius 2 is 2.15 bits per heavy atom. The summed E-state index contributed by atoms with van der Waals surface area (Å²) in [7, 11) is 0. The number of amides is 1. The largest absolute Gasteiger partial charge is 0.399 e. The van der Waals surface area contributed by atoms with Crippen LogP contribution in [0.1, 0.15) is 38.2 Å². The second-order valence-corrected chi connectivity index (χ2v) is 6.79. The lowest BCUT2D eigenvalue weighted by molar-refractivity contribution is -0.119. The molecule has 4 heteroatoms. The van der Waals surface area contributed by atoms with Crippen molar-refractivity contribution in [3.63, 3.8) is 0 Å². The van der Waals surface area contributed by atoms with E-state index < -0.39 is 0 Å². The van der Waals surface area contributed by atoms with Gasteiger partial charge in [0.15, 0.2) is 0 Å². The van der Waals surface area contributed by atoms with Crippen LogP contribution in [-0.4, -0.2) is 17.7 Å². The third-order valence-electron chi connectivity index (χ3n) is 4.07. The van der Waals surface area contributed by atoms with Crippen LogP contribution in [0.25, 0.3) is 0 Å². The van der Waals surface area contributed by atoms with Gasteiger partial charge in [0.25, 0.3) is 0 Å². The minimum absolute atomic E-state index is 0.142. The monoisotopic (exact) mass is 292 g/mol. The molecule has 1 aliphatic carbocycles. The summed E-state index contributed by atoms with van der Waals surface area (Å²) in [6.07, 6.45) is 4.89. The molecule has 0 bridgehead atoms. The maximum absolute atomic E-state index is 12.0. The summed E-state index contributed by atoms with van der Waals surface area (Å²) in [6.45, 7) is 4.23. The first-order valence-corrected chi connectivity index (χ1v) is 8.33. The minimum Gasteiger partial charge on any atom is -0.399 e. The molecule has 0 spiro atoms. The van der Waals surface area contributed by atoms with Crippen LogP contribution in [0.4, 0.5) is 5.69 Å². The third-order valence-corrected chi connectivity index (χ3v) is 5.06. The number of carbonyl (C=O) groups is 1. The standard InChI is InChI=1S/C16H24N2OS/c1-11-5-3-4-6-15(11)18-16(19)10-20-13-7-8-14(17)12(2)9-13/h7-9,11,15H,3-6,10,17H2,1-2H3,(H,18,19). The fourth-order valence-corrected chi connectivity index (χ4v) is 3.47. The molecular weight excluding hydrogens is 268 g/mol. The fraction of sp³-hybridized carbons (Fsp3) is 0.562. The van der Waals surface area contributed by atoms with E-state index in [1.54, 1.807) is 11.8 Å². The highest BCUT2D eigenvalue weighted by atomic mass is 32.2. The Hall–Kier alpha value is -1.16. The molecule has 110 valence electrons. The average molecular weight is 292 g/mol. The topological polar surface area (TPSA) is 55.1 Å². The molecule has 0 radical (unpaired) electrons. The number of nitrogens with one attached hydrogen (secondary N) is 1. The molecule has 3 N–H and O–H groups in total. The number of nitrogens with two attached hydrogens (primary N) is 1. The van der Waals surface area contributed by atoms with E-state index >= 15 is 0 Å². The van der Waals surface area contributed by atoms with Crippen molar-refractivity contribution in [2.75, 3.05) is 11.5 Å². The van der Waals surface area contributed by atoms with Crippen LogP contribution in [0, 0.1) is 12.8 Å². The van der Waals surface area contributed by atoms with E-state index in [0.717, 1.165) is 22.6 Å². The van der Waals surface area contributed by atoms with Gasteiger partial charge in [0.1, 0.15) is 0 Å². The SMILES string of the molecule is Cc1cc(SCC(=O)NC2CCCCC2C)ccc1N. The molecule has 0 aromatic heterocycles. The molecule has 1 fully saturated rings. The predicted octanol–water partition coefficient (Wildman–Crippen LogP) is 3.36. The van der Waals surface area contributed by atoms with Crippen molar-refractivity contribution in [2.45, 2.75) is 50.5 Å². The van der Waals surface area contributed by atoms with Gasteiger partial charge in [0.2, 0.25) is 5.91 Å². The Kier molecular flexibility index (Phi) is 5.35. The number of thioether (sulfide) groups is 1. The Balaban J connectivity index is 1.81. The van der Waals surface area contributed by atoms with Gasteiger partial charge in [0, 0.05) is 16.6 Å². The van der Waals surface area contributed by atoms with Crippen molar-refractivity contribution < 1.29 is 4.79 Å². The summed E-state index contributed by atoms with van der Waals surface area (Å²) in [4.78, 5) is 13.1. The summed E-state index contributed by atoms with van der Waals surface area (Å²) >= 11 is 1.57. The highest BCUT2D eigenvalue weighted by molar-refractivity contribution is 8.00.